The van der Waals surface area contributed by atoms with E-state index in [0.717, 1.165) is 73.9 Å². The monoisotopic (exact) mass is 513 g/mol. The molecule has 4 heterocycles. The molecular weight excluding hydrogens is 485 g/mol. The second-order valence-electron chi connectivity index (χ2n) is 9.51. The number of halogens is 1. The molecule has 2 aromatic carbocycles. The summed E-state index contributed by atoms with van der Waals surface area (Å²) < 4.78 is 21.4. The summed E-state index contributed by atoms with van der Waals surface area (Å²) in [4.78, 5) is 16.0. The van der Waals surface area contributed by atoms with Gasteiger partial charge in [0.1, 0.15) is 29.4 Å². The average molecular weight is 514 g/mol. The van der Waals surface area contributed by atoms with Crippen molar-refractivity contribution < 1.29 is 14.2 Å². The zero-order valence-corrected chi connectivity index (χ0v) is 20.8. The minimum atomic E-state index is -0.570. The Labute approximate surface area is 218 Å². The summed E-state index contributed by atoms with van der Waals surface area (Å²) in [5.41, 5.74) is 10.6. The molecule has 0 bridgehead atoms. The number of nitrogen functional groups attached to an aromatic ring is 1. The van der Waals surface area contributed by atoms with Crippen LogP contribution in [0.1, 0.15) is 17.7 Å². The van der Waals surface area contributed by atoms with Gasteiger partial charge in [-0.2, -0.15) is 5.10 Å². The Bertz CT molecular complexity index is 1590. The van der Waals surface area contributed by atoms with Crippen LogP contribution in [0.15, 0.2) is 54.9 Å². The van der Waals surface area contributed by atoms with Crippen molar-refractivity contribution in [3.8, 4) is 17.0 Å². The van der Waals surface area contributed by atoms with Crippen LogP contribution in [0.25, 0.3) is 33.2 Å². The highest BCUT2D eigenvalue weighted by Gasteiger charge is 2.20. The summed E-state index contributed by atoms with van der Waals surface area (Å²) in [5.74, 6) is -0.527. The Hall–Kier alpha value is -4.15. The number of ether oxygens (including phenoxy) is 1. The third-order valence-electron chi connectivity index (χ3n) is 6.92. The summed E-state index contributed by atoms with van der Waals surface area (Å²) in [7, 11) is 0. The largest absolute Gasteiger partial charge is 0.508 e. The summed E-state index contributed by atoms with van der Waals surface area (Å²) in [6, 6.07) is 14.0. The average Bonchev–Trinajstić information content (AvgIpc) is 3.28. The first-order valence-electron chi connectivity index (χ1n) is 12.7. The van der Waals surface area contributed by atoms with E-state index >= 15 is 0 Å². The number of aromatic nitrogens is 5. The first-order chi connectivity index (χ1) is 18.5. The van der Waals surface area contributed by atoms with Crippen LogP contribution in [0.5, 0.6) is 5.75 Å². The number of phenolic OH excluding ortho intramolecular Hbond substituents is 1. The van der Waals surface area contributed by atoms with Crippen LogP contribution in [-0.2, 0) is 17.7 Å². The molecule has 5 aromatic rings. The Kier molecular flexibility index (Phi) is 6.57. The molecule has 9 nitrogen and oxygen atoms in total. The highest BCUT2D eigenvalue weighted by molar-refractivity contribution is 5.98. The quantitative estimate of drug-likeness (QED) is 0.338. The molecule has 0 spiro atoms. The molecule has 0 aliphatic carbocycles. The smallest absolute Gasteiger partial charge is 0.164 e. The van der Waals surface area contributed by atoms with Gasteiger partial charge >= 0.3 is 0 Å². The molecule has 0 amide bonds. The van der Waals surface area contributed by atoms with Crippen LogP contribution in [0, 0.1) is 5.82 Å². The number of nitrogens with zero attached hydrogens (tertiary/aromatic N) is 6. The van der Waals surface area contributed by atoms with Gasteiger partial charge in [-0.3, -0.25) is 9.88 Å². The van der Waals surface area contributed by atoms with E-state index in [1.165, 1.54) is 18.5 Å². The Morgan fingerprint density at radius 3 is 2.74 bits per heavy atom. The first-order valence-corrected chi connectivity index (χ1v) is 12.7. The van der Waals surface area contributed by atoms with Gasteiger partial charge < -0.3 is 15.6 Å². The minimum absolute atomic E-state index is 0.195. The van der Waals surface area contributed by atoms with E-state index in [4.69, 9.17) is 20.6 Å². The minimum Gasteiger partial charge on any atom is -0.508 e. The van der Waals surface area contributed by atoms with Crippen molar-refractivity contribution in [1.82, 2.24) is 29.6 Å². The van der Waals surface area contributed by atoms with E-state index in [0.29, 0.717) is 28.8 Å². The summed E-state index contributed by atoms with van der Waals surface area (Å²) in [6.07, 6.45) is 3.18. The van der Waals surface area contributed by atoms with Gasteiger partial charge in [0, 0.05) is 35.8 Å². The highest BCUT2D eigenvalue weighted by atomic mass is 19.1. The second-order valence-corrected chi connectivity index (χ2v) is 9.51. The van der Waals surface area contributed by atoms with E-state index in [1.807, 2.05) is 24.3 Å². The van der Waals surface area contributed by atoms with Gasteiger partial charge in [-0.15, -0.1) is 0 Å². The van der Waals surface area contributed by atoms with Gasteiger partial charge in [-0.1, -0.05) is 18.2 Å². The maximum absolute atomic E-state index is 14.1. The molecule has 0 unspecified atom stereocenters. The molecule has 1 aliphatic heterocycles. The van der Waals surface area contributed by atoms with Gasteiger partial charge in [0.15, 0.2) is 5.65 Å². The van der Waals surface area contributed by atoms with Crippen molar-refractivity contribution in [2.45, 2.75) is 19.4 Å². The molecular formula is C28H28FN7O2. The van der Waals surface area contributed by atoms with Gasteiger partial charge in [0.05, 0.1) is 30.7 Å². The molecule has 1 saturated heterocycles. The van der Waals surface area contributed by atoms with E-state index in [9.17, 15) is 9.50 Å². The molecule has 38 heavy (non-hydrogen) atoms. The number of anilines is 1. The third-order valence-corrected chi connectivity index (χ3v) is 6.92. The van der Waals surface area contributed by atoms with Crippen molar-refractivity contribution in [1.29, 1.82) is 0 Å². The van der Waals surface area contributed by atoms with E-state index in [2.05, 4.69) is 20.9 Å². The number of benzene rings is 2. The van der Waals surface area contributed by atoms with Gasteiger partial charge in [0.2, 0.25) is 0 Å². The fourth-order valence-corrected chi connectivity index (χ4v) is 5.06. The van der Waals surface area contributed by atoms with Gasteiger partial charge in [0.25, 0.3) is 0 Å². The number of nitrogens with two attached hydrogens (primary N) is 1. The molecule has 1 aliphatic rings. The molecule has 194 valence electrons. The van der Waals surface area contributed by atoms with Gasteiger partial charge in [-0.25, -0.2) is 19.0 Å². The summed E-state index contributed by atoms with van der Waals surface area (Å²) in [6.45, 7) is 4.86. The number of phenols is 1. The molecule has 1 fully saturated rings. The molecule has 3 aromatic heterocycles. The van der Waals surface area contributed by atoms with Crippen molar-refractivity contribution in [3.63, 3.8) is 0 Å². The SMILES string of the molecule is Nc1ncnc2c1c(-c1cc(O)cc(F)c1)nn2Cc1cc2ccccc2nc1CCCN1CCOCC1. The third kappa shape index (κ3) is 4.88. The van der Waals surface area contributed by atoms with Crippen LogP contribution in [0.2, 0.25) is 0 Å². The second kappa shape index (κ2) is 10.3. The number of aromatic hydroxyl groups is 1. The van der Waals surface area contributed by atoms with Crippen molar-refractivity contribution in [2.75, 3.05) is 38.6 Å². The number of aryl methyl sites for hydroxylation is 1. The summed E-state index contributed by atoms with van der Waals surface area (Å²) >= 11 is 0. The fourth-order valence-electron chi connectivity index (χ4n) is 5.06. The number of morpholine rings is 1. The van der Waals surface area contributed by atoms with E-state index < -0.39 is 5.82 Å². The summed E-state index contributed by atoms with van der Waals surface area (Å²) in [5, 5.41) is 16.3. The topological polar surface area (TPSA) is 115 Å². The van der Waals surface area contributed by atoms with Crippen molar-refractivity contribution in [3.05, 3.63) is 71.9 Å². The maximum Gasteiger partial charge on any atom is 0.164 e. The fraction of sp³-hybridized carbons (Fsp3) is 0.286. The molecule has 0 atom stereocenters. The first kappa shape index (κ1) is 24.2. The standard InChI is InChI=1S/C28H28FN7O2/c29-21-13-19(14-22(37)15-21)26-25-27(30)31-17-32-28(25)36(34-26)16-20-12-18-4-1-2-5-23(18)33-24(20)6-3-7-35-8-10-38-11-9-35/h1-2,4-5,12-15,17,37H,3,6-11,16H2,(H2,30,31,32). The maximum atomic E-state index is 14.1. The molecule has 6 rings (SSSR count). The number of hydrogen-bond donors (Lipinski definition) is 2. The van der Waals surface area contributed by atoms with Crippen LogP contribution in [0.4, 0.5) is 10.2 Å². The Morgan fingerprint density at radius 2 is 1.89 bits per heavy atom. The number of para-hydroxylation sites is 1. The van der Waals surface area contributed by atoms with E-state index in [-0.39, 0.29) is 11.6 Å². The number of pyridine rings is 1. The Morgan fingerprint density at radius 1 is 1.05 bits per heavy atom. The predicted octanol–water partition coefficient (Wildman–Crippen LogP) is 3.78. The zero-order chi connectivity index (χ0) is 26.1. The lowest BCUT2D eigenvalue weighted by Gasteiger charge is -2.26. The lowest BCUT2D eigenvalue weighted by molar-refractivity contribution is 0.0374. The van der Waals surface area contributed by atoms with Crippen molar-refractivity contribution in [2.24, 2.45) is 0 Å². The van der Waals surface area contributed by atoms with Crippen molar-refractivity contribution >= 4 is 27.8 Å². The number of hydrogen-bond acceptors (Lipinski definition) is 8. The van der Waals surface area contributed by atoms with Crippen LogP contribution in [-0.4, -0.2) is 67.6 Å². The van der Waals surface area contributed by atoms with E-state index in [1.54, 1.807) is 4.68 Å². The lowest BCUT2D eigenvalue weighted by atomic mass is 10.1. The van der Waals surface area contributed by atoms with Crippen LogP contribution < -0.4 is 5.73 Å². The number of fused-ring (bicyclic) bond motifs is 2. The molecule has 10 heteroatoms. The van der Waals surface area contributed by atoms with Crippen LogP contribution >= 0.6 is 0 Å². The van der Waals surface area contributed by atoms with Crippen LogP contribution in [0.3, 0.4) is 0 Å². The molecule has 0 radical (unpaired) electrons. The predicted molar refractivity (Wildman–Crippen MR) is 143 cm³/mol. The highest BCUT2D eigenvalue weighted by Crippen LogP contribution is 2.33. The lowest BCUT2D eigenvalue weighted by Crippen LogP contribution is -2.37. The number of rotatable bonds is 7. The normalized spacial score (nSPS) is 14.4. The molecule has 3 N–H and O–H groups in total. The van der Waals surface area contributed by atoms with Gasteiger partial charge in [-0.05, 0) is 49.2 Å². The molecule has 0 saturated carbocycles. The zero-order valence-electron chi connectivity index (χ0n) is 20.8. The Balaban J connectivity index is 1.38.